The van der Waals surface area contributed by atoms with Gasteiger partial charge in [0.2, 0.25) is 5.91 Å². The molecule has 0 aliphatic carbocycles. The van der Waals surface area contributed by atoms with E-state index >= 15 is 0 Å². The van der Waals surface area contributed by atoms with Crippen molar-refractivity contribution in [3.05, 3.63) is 34.6 Å². The minimum atomic E-state index is -0.835. The lowest BCUT2D eigenvalue weighted by atomic mass is 10.1. The van der Waals surface area contributed by atoms with Crippen LogP contribution >= 0.6 is 23.2 Å². The van der Waals surface area contributed by atoms with Gasteiger partial charge >= 0.3 is 0 Å². The fourth-order valence-corrected chi connectivity index (χ4v) is 1.56. The quantitative estimate of drug-likeness (QED) is 0.739. The molecule has 82 valence electrons. The molecule has 1 rings (SSSR count). The number of hydrogen-bond acceptors (Lipinski definition) is 1. The summed E-state index contributed by atoms with van der Waals surface area (Å²) in [6, 6.07) is 3.99. The highest BCUT2D eigenvalue weighted by Crippen LogP contribution is 2.26. The van der Waals surface area contributed by atoms with Crippen LogP contribution in [0, 0.1) is 5.82 Å². The predicted octanol–water partition coefficient (Wildman–Crippen LogP) is 2.85. The van der Waals surface area contributed by atoms with Gasteiger partial charge in [-0.2, -0.15) is 0 Å². The van der Waals surface area contributed by atoms with Crippen LogP contribution in [0.2, 0.25) is 5.02 Å². The Kier molecular flexibility index (Phi) is 3.94. The highest BCUT2D eigenvalue weighted by molar-refractivity contribution is 6.32. The Bertz CT molecular complexity index is 382. The number of hydrogen-bond donors (Lipinski definition) is 0. The Labute approximate surface area is 97.6 Å². The summed E-state index contributed by atoms with van der Waals surface area (Å²) in [5.41, 5.74) is 0.488. The van der Waals surface area contributed by atoms with Gasteiger partial charge in [0.1, 0.15) is 11.2 Å². The lowest BCUT2D eigenvalue weighted by molar-refractivity contribution is -0.128. The van der Waals surface area contributed by atoms with Gasteiger partial charge in [0, 0.05) is 14.1 Å². The molecule has 0 aromatic heterocycles. The predicted molar refractivity (Wildman–Crippen MR) is 58.7 cm³/mol. The maximum Gasteiger partial charge on any atom is 0.244 e. The number of amides is 1. The molecular formula is C10H10Cl2FNO. The average molecular weight is 250 g/mol. The number of rotatable bonds is 2. The van der Waals surface area contributed by atoms with Crippen molar-refractivity contribution in [2.45, 2.75) is 5.38 Å². The van der Waals surface area contributed by atoms with Gasteiger partial charge in [-0.1, -0.05) is 17.7 Å². The van der Waals surface area contributed by atoms with Gasteiger partial charge in [-0.05, 0) is 17.7 Å². The Morgan fingerprint density at radius 2 is 2.07 bits per heavy atom. The molecule has 0 bridgehead atoms. The van der Waals surface area contributed by atoms with E-state index in [0.717, 1.165) is 0 Å². The topological polar surface area (TPSA) is 20.3 Å². The molecule has 1 aromatic rings. The fourth-order valence-electron chi connectivity index (χ4n) is 1.04. The zero-order valence-electron chi connectivity index (χ0n) is 8.30. The molecule has 1 atom stereocenters. The first kappa shape index (κ1) is 12.3. The van der Waals surface area contributed by atoms with Crippen molar-refractivity contribution in [3.8, 4) is 0 Å². The molecule has 15 heavy (non-hydrogen) atoms. The van der Waals surface area contributed by atoms with Crippen LogP contribution in [0.3, 0.4) is 0 Å². The molecule has 1 unspecified atom stereocenters. The van der Waals surface area contributed by atoms with Crippen molar-refractivity contribution in [2.24, 2.45) is 0 Å². The van der Waals surface area contributed by atoms with Crippen molar-refractivity contribution in [2.75, 3.05) is 14.1 Å². The minimum Gasteiger partial charge on any atom is -0.347 e. The summed E-state index contributed by atoms with van der Waals surface area (Å²) in [7, 11) is 3.20. The van der Waals surface area contributed by atoms with Crippen molar-refractivity contribution < 1.29 is 9.18 Å². The third-order valence-electron chi connectivity index (χ3n) is 1.89. The Hall–Kier alpha value is -0.800. The van der Waals surface area contributed by atoms with Crippen LogP contribution in [0.25, 0.3) is 0 Å². The molecule has 0 radical (unpaired) electrons. The van der Waals surface area contributed by atoms with Crippen LogP contribution < -0.4 is 0 Å². The van der Waals surface area contributed by atoms with Crippen LogP contribution in [0.4, 0.5) is 4.39 Å². The van der Waals surface area contributed by atoms with Gasteiger partial charge in [-0.25, -0.2) is 4.39 Å². The number of benzene rings is 1. The molecule has 1 amide bonds. The highest BCUT2D eigenvalue weighted by atomic mass is 35.5. The van der Waals surface area contributed by atoms with E-state index in [2.05, 4.69) is 0 Å². The van der Waals surface area contributed by atoms with Crippen LogP contribution in [0.5, 0.6) is 0 Å². The summed E-state index contributed by atoms with van der Waals surface area (Å²) >= 11 is 11.5. The van der Waals surface area contributed by atoms with E-state index in [1.165, 1.54) is 23.1 Å². The number of alkyl halides is 1. The third-order valence-corrected chi connectivity index (χ3v) is 2.62. The van der Waals surface area contributed by atoms with Crippen LogP contribution in [0.15, 0.2) is 18.2 Å². The van der Waals surface area contributed by atoms with Gasteiger partial charge in [-0.3, -0.25) is 4.79 Å². The fraction of sp³-hybridized carbons (Fsp3) is 0.300. The second-order valence-electron chi connectivity index (χ2n) is 3.27. The largest absolute Gasteiger partial charge is 0.347 e. The number of likely N-dealkylation sites (N-methyl/N-ethyl adjacent to an activating group) is 1. The molecule has 1 aromatic carbocycles. The molecule has 0 aliphatic heterocycles. The second-order valence-corrected chi connectivity index (χ2v) is 4.11. The van der Waals surface area contributed by atoms with Gasteiger partial charge in [0.15, 0.2) is 0 Å². The van der Waals surface area contributed by atoms with Crippen molar-refractivity contribution in [1.82, 2.24) is 4.90 Å². The zero-order chi connectivity index (χ0) is 11.6. The highest BCUT2D eigenvalue weighted by Gasteiger charge is 2.20. The Morgan fingerprint density at radius 3 is 2.53 bits per heavy atom. The van der Waals surface area contributed by atoms with E-state index in [1.807, 2.05) is 0 Å². The van der Waals surface area contributed by atoms with Gasteiger partial charge in [0.25, 0.3) is 0 Å². The SMILES string of the molecule is CN(C)C(=O)C(Cl)c1ccc(F)c(Cl)c1. The van der Waals surface area contributed by atoms with E-state index in [9.17, 15) is 9.18 Å². The monoisotopic (exact) mass is 249 g/mol. The third kappa shape index (κ3) is 2.83. The molecule has 0 saturated heterocycles. The minimum absolute atomic E-state index is 0.0373. The number of carbonyl (C=O) groups is 1. The summed E-state index contributed by atoms with van der Waals surface area (Å²) in [6.45, 7) is 0. The molecule has 0 N–H and O–H groups in total. The lowest BCUT2D eigenvalue weighted by Gasteiger charge is -2.15. The first-order chi connectivity index (χ1) is 6.93. The standard InChI is InChI=1S/C10H10Cl2FNO/c1-14(2)10(15)9(12)6-3-4-8(13)7(11)5-6/h3-5,9H,1-2H3. The van der Waals surface area contributed by atoms with Crippen molar-refractivity contribution in [3.63, 3.8) is 0 Å². The van der Waals surface area contributed by atoms with E-state index < -0.39 is 11.2 Å². The first-order valence-corrected chi connectivity index (χ1v) is 5.05. The van der Waals surface area contributed by atoms with Gasteiger partial charge in [0.05, 0.1) is 5.02 Å². The van der Waals surface area contributed by atoms with Gasteiger partial charge < -0.3 is 4.90 Å². The second kappa shape index (κ2) is 4.81. The molecule has 2 nitrogen and oxygen atoms in total. The summed E-state index contributed by atoms with van der Waals surface area (Å²) < 4.78 is 12.9. The summed E-state index contributed by atoms with van der Waals surface area (Å²) in [5, 5.41) is -0.872. The van der Waals surface area contributed by atoms with Crippen LogP contribution in [-0.2, 0) is 4.79 Å². The summed E-state index contributed by atoms with van der Waals surface area (Å²) in [4.78, 5) is 12.9. The number of halogens is 3. The molecule has 0 aliphatic rings. The van der Waals surface area contributed by atoms with Crippen molar-refractivity contribution >= 4 is 29.1 Å². The van der Waals surface area contributed by atoms with E-state index in [-0.39, 0.29) is 10.9 Å². The maximum atomic E-state index is 12.9. The van der Waals surface area contributed by atoms with E-state index in [4.69, 9.17) is 23.2 Å². The van der Waals surface area contributed by atoms with Crippen molar-refractivity contribution in [1.29, 1.82) is 0 Å². The molecular weight excluding hydrogens is 240 g/mol. The van der Waals surface area contributed by atoms with E-state index in [1.54, 1.807) is 14.1 Å². The molecule has 0 saturated carbocycles. The molecule has 0 spiro atoms. The van der Waals surface area contributed by atoms with E-state index in [0.29, 0.717) is 5.56 Å². The molecule has 5 heteroatoms. The van der Waals surface area contributed by atoms with Gasteiger partial charge in [-0.15, -0.1) is 11.6 Å². The average Bonchev–Trinajstić information content (AvgIpc) is 2.19. The lowest BCUT2D eigenvalue weighted by Crippen LogP contribution is -2.25. The maximum absolute atomic E-state index is 12.9. The summed E-state index contributed by atoms with van der Waals surface area (Å²) in [5.74, 6) is -0.791. The molecule has 0 heterocycles. The Morgan fingerprint density at radius 1 is 1.47 bits per heavy atom. The summed E-state index contributed by atoms with van der Waals surface area (Å²) in [6.07, 6.45) is 0. The molecule has 0 fully saturated rings. The normalized spacial score (nSPS) is 12.3. The smallest absolute Gasteiger partial charge is 0.244 e. The number of carbonyl (C=O) groups excluding carboxylic acids is 1. The first-order valence-electron chi connectivity index (χ1n) is 4.23. The number of nitrogens with zero attached hydrogens (tertiary/aromatic N) is 1. The Balaban J connectivity index is 2.97. The zero-order valence-corrected chi connectivity index (χ0v) is 9.81. The van der Waals surface area contributed by atoms with Crippen LogP contribution in [0.1, 0.15) is 10.9 Å². The van der Waals surface area contributed by atoms with Crippen LogP contribution in [-0.4, -0.2) is 24.9 Å².